The van der Waals surface area contributed by atoms with Crippen molar-refractivity contribution in [2.45, 2.75) is 0 Å². The minimum atomic E-state index is 1.13. The first-order valence-corrected chi connectivity index (χ1v) is 17.2. The van der Waals surface area contributed by atoms with Gasteiger partial charge in [0, 0.05) is 37.2 Å². The van der Waals surface area contributed by atoms with Crippen molar-refractivity contribution in [2.24, 2.45) is 0 Å². The summed E-state index contributed by atoms with van der Waals surface area (Å²) in [5.74, 6) is 0. The lowest BCUT2D eigenvalue weighted by Gasteiger charge is -2.26. The van der Waals surface area contributed by atoms with Gasteiger partial charge in [0.05, 0.1) is 0 Å². The second kappa shape index (κ2) is 10.8. The van der Waals surface area contributed by atoms with Gasteiger partial charge in [0.1, 0.15) is 0 Å². The molecule has 224 valence electrons. The van der Waals surface area contributed by atoms with Crippen LogP contribution in [0.15, 0.2) is 176 Å². The fourth-order valence-electron chi connectivity index (χ4n) is 7.52. The number of nitrogens with zero attached hydrogens (tertiary/aromatic N) is 1. The topological polar surface area (TPSA) is 3.24 Å². The Hall–Kier alpha value is -5.96. The lowest BCUT2D eigenvalue weighted by molar-refractivity contribution is 1.29. The van der Waals surface area contributed by atoms with Gasteiger partial charge in [0.15, 0.2) is 0 Å². The molecule has 0 N–H and O–H groups in total. The molecule has 1 heterocycles. The maximum absolute atomic E-state index is 2.36. The molecular weight excluding hydrogens is 599 g/mol. The number of rotatable bonds is 4. The van der Waals surface area contributed by atoms with E-state index in [0.29, 0.717) is 0 Å². The zero-order chi connectivity index (χ0) is 31.6. The highest BCUT2D eigenvalue weighted by Crippen LogP contribution is 2.42. The Morgan fingerprint density at radius 1 is 0.312 bits per heavy atom. The number of anilines is 3. The zero-order valence-electron chi connectivity index (χ0n) is 26.1. The highest BCUT2D eigenvalue weighted by molar-refractivity contribution is 7.26. The SMILES string of the molecule is c1ccc(N(c2ccc(-c3ccc4c(ccc5ccc6ccccc6c54)c3)cc2)c2ccc3c(ccc4sc5ccccc5c43)c2)cc1. The summed E-state index contributed by atoms with van der Waals surface area (Å²) in [6.07, 6.45) is 0. The maximum Gasteiger partial charge on any atom is 0.0468 e. The van der Waals surface area contributed by atoms with Crippen LogP contribution in [0.3, 0.4) is 0 Å². The van der Waals surface area contributed by atoms with Gasteiger partial charge in [0.25, 0.3) is 0 Å². The van der Waals surface area contributed by atoms with Gasteiger partial charge < -0.3 is 4.90 Å². The van der Waals surface area contributed by atoms with Gasteiger partial charge in [-0.15, -0.1) is 11.3 Å². The van der Waals surface area contributed by atoms with Crippen molar-refractivity contribution >= 4 is 91.7 Å². The van der Waals surface area contributed by atoms with E-state index in [4.69, 9.17) is 0 Å². The maximum atomic E-state index is 2.36. The molecule has 0 unspecified atom stereocenters. The van der Waals surface area contributed by atoms with E-state index < -0.39 is 0 Å². The van der Waals surface area contributed by atoms with Crippen LogP contribution >= 0.6 is 11.3 Å². The molecule has 10 rings (SSSR count). The van der Waals surface area contributed by atoms with Gasteiger partial charge >= 0.3 is 0 Å². The minimum absolute atomic E-state index is 1.13. The molecule has 0 bridgehead atoms. The van der Waals surface area contributed by atoms with E-state index in [2.05, 4.69) is 181 Å². The molecule has 0 aliphatic carbocycles. The third kappa shape index (κ3) is 4.31. The number of benzene rings is 9. The molecule has 0 saturated heterocycles. The Labute approximate surface area is 282 Å². The lowest BCUT2D eigenvalue weighted by Crippen LogP contribution is -2.09. The van der Waals surface area contributed by atoms with Gasteiger partial charge in [0.2, 0.25) is 0 Å². The Bertz CT molecular complexity index is 2830. The van der Waals surface area contributed by atoms with E-state index in [0.717, 1.165) is 17.1 Å². The van der Waals surface area contributed by atoms with Gasteiger partial charge in [-0.05, 0) is 109 Å². The van der Waals surface area contributed by atoms with E-state index in [1.807, 2.05) is 11.3 Å². The molecule has 1 aromatic heterocycles. The Morgan fingerprint density at radius 2 is 0.896 bits per heavy atom. The normalized spacial score (nSPS) is 11.8. The summed E-state index contributed by atoms with van der Waals surface area (Å²) in [4.78, 5) is 2.36. The molecule has 0 amide bonds. The summed E-state index contributed by atoms with van der Waals surface area (Å²) in [6.45, 7) is 0. The van der Waals surface area contributed by atoms with Gasteiger partial charge in [-0.25, -0.2) is 0 Å². The molecule has 48 heavy (non-hydrogen) atoms. The molecule has 10 aromatic rings. The van der Waals surface area contributed by atoms with Gasteiger partial charge in [-0.2, -0.15) is 0 Å². The predicted molar refractivity (Wildman–Crippen MR) is 209 cm³/mol. The van der Waals surface area contributed by atoms with Crippen molar-refractivity contribution in [3.05, 3.63) is 176 Å². The quantitative estimate of drug-likeness (QED) is 0.176. The van der Waals surface area contributed by atoms with E-state index >= 15 is 0 Å². The predicted octanol–water partition coefficient (Wildman–Crippen LogP) is 13.8. The second-order valence-corrected chi connectivity index (χ2v) is 13.6. The molecule has 0 aliphatic heterocycles. The van der Waals surface area contributed by atoms with Crippen LogP contribution in [0.1, 0.15) is 0 Å². The van der Waals surface area contributed by atoms with Crippen LogP contribution in [0.5, 0.6) is 0 Å². The van der Waals surface area contributed by atoms with Crippen molar-refractivity contribution in [1.29, 1.82) is 0 Å². The summed E-state index contributed by atoms with van der Waals surface area (Å²) in [5, 5.41) is 13.0. The van der Waals surface area contributed by atoms with Gasteiger partial charge in [-0.1, -0.05) is 121 Å². The summed E-state index contributed by atoms with van der Waals surface area (Å²) in [6, 6.07) is 64.5. The summed E-state index contributed by atoms with van der Waals surface area (Å²) in [7, 11) is 0. The van der Waals surface area contributed by atoms with E-state index in [1.54, 1.807) is 0 Å². The van der Waals surface area contributed by atoms with Crippen molar-refractivity contribution in [3.63, 3.8) is 0 Å². The van der Waals surface area contributed by atoms with Crippen LogP contribution in [-0.2, 0) is 0 Å². The summed E-state index contributed by atoms with van der Waals surface area (Å²) >= 11 is 1.87. The van der Waals surface area contributed by atoms with Crippen LogP contribution in [0.2, 0.25) is 0 Å². The molecule has 0 fully saturated rings. The van der Waals surface area contributed by atoms with E-state index in [1.165, 1.54) is 74.4 Å². The van der Waals surface area contributed by atoms with Crippen LogP contribution < -0.4 is 4.90 Å². The molecule has 0 radical (unpaired) electrons. The number of hydrogen-bond acceptors (Lipinski definition) is 2. The summed E-state index contributed by atoms with van der Waals surface area (Å²) in [5.41, 5.74) is 5.83. The number of para-hydroxylation sites is 1. The number of hydrogen-bond donors (Lipinski definition) is 0. The van der Waals surface area contributed by atoms with Crippen molar-refractivity contribution < 1.29 is 0 Å². The first-order chi connectivity index (χ1) is 23.8. The molecule has 0 spiro atoms. The van der Waals surface area contributed by atoms with Crippen LogP contribution in [0.4, 0.5) is 17.1 Å². The smallest absolute Gasteiger partial charge is 0.0468 e. The fourth-order valence-corrected chi connectivity index (χ4v) is 8.64. The number of fused-ring (bicyclic) bond motifs is 10. The van der Waals surface area contributed by atoms with Crippen molar-refractivity contribution in [1.82, 2.24) is 0 Å². The standard InChI is InChI=1S/C46H29NS/c1-2-9-36(10-3-1)47(38-24-26-41-35(29-38)21-27-44-46(41)42-12-6-7-13-43(42)48-44)37-22-18-30(19-23-37)33-20-25-40-34(28-33)17-16-32-15-14-31-8-4-5-11-39(31)45(32)40/h1-29H. The highest BCUT2D eigenvalue weighted by atomic mass is 32.1. The zero-order valence-corrected chi connectivity index (χ0v) is 26.9. The summed E-state index contributed by atoms with van der Waals surface area (Å²) < 4.78 is 2.67. The molecular formula is C46H29NS. The average Bonchev–Trinajstić information content (AvgIpc) is 3.54. The molecule has 1 nitrogen and oxygen atoms in total. The first-order valence-electron chi connectivity index (χ1n) is 16.4. The Morgan fingerprint density at radius 3 is 1.77 bits per heavy atom. The highest BCUT2D eigenvalue weighted by Gasteiger charge is 2.15. The monoisotopic (exact) mass is 627 g/mol. The second-order valence-electron chi connectivity index (χ2n) is 12.5. The minimum Gasteiger partial charge on any atom is -0.310 e. The lowest BCUT2D eigenvalue weighted by atomic mass is 9.94. The Balaban J connectivity index is 1.06. The molecule has 0 aliphatic rings. The van der Waals surface area contributed by atoms with Crippen molar-refractivity contribution in [3.8, 4) is 11.1 Å². The number of thiophene rings is 1. The van der Waals surface area contributed by atoms with Crippen molar-refractivity contribution in [2.75, 3.05) is 4.90 Å². The molecule has 0 saturated carbocycles. The fraction of sp³-hybridized carbons (Fsp3) is 0. The third-order valence-electron chi connectivity index (χ3n) is 9.80. The Kier molecular flexibility index (Phi) is 6.12. The van der Waals surface area contributed by atoms with E-state index in [9.17, 15) is 0 Å². The molecule has 2 heteroatoms. The average molecular weight is 628 g/mol. The van der Waals surface area contributed by atoms with Crippen LogP contribution in [0.25, 0.3) is 74.4 Å². The van der Waals surface area contributed by atoms with Crippen LogP contribution in [-0.4, -0.2) is 0 Å². The first kappa shape index (κ1) is 27.2. The largest absolute Gasteiger partial charge is 0.310 e. The van der Waals surface area contributed by atoms with E-state index in [-0.39, 0.29) is 0 Å². The van der Waals surface area contributed by atoms with Crippen LogP contribution in [0, 0.1) is 0 Å². The molecule has 0 atom stereocenters. The van der Waals surface area contributed by atoms with Gasteiger partial charge in [-0.3, -0.25) is 0 Å². The molecule has 9 aromatic carbocycles. The third-order valence-corrected chi connectivity index (χ3v) is 10.9.